The quantitative estimate of drug-likeness (QED) is 0.0313. The maximum atomic E-state index is 15.2. The summed E-state index contributed by atoms with van der Waals surface area (Å²) in [6.07, 6.45) is 13.0. The van der Waals surface area contributed by atoms with Gasteiger partial charge in [0.15, 0.2) is 5.75 Å². The van der Waals surface area contributed by atoms with Gasteiger partial charge in [0.25, 0.3) is 11.8 Å². The number of hydrazine groups is 1. The number of phenolic OH excluding ortho intramolecular Hbond substituents is 1. The minimum atomic E-state index is -3.48. The van der Waals surface area contributed by atoms with Crippen LogP contribution in [0.25, 0.3) is 10.8 Å². The molecule has 0 bridgehead atoms. The van der Waals surface area contributed by atoms with Crippen LogP contribution in [0, 0.1) is 17.8 Å². The highest BCUT2D eigenvalue weighted by atomic mass is 32.2. The molecule has 1 fully saturated rings. The highest BCUT2D eigenvalue weighted by molar-refractivity contribution is 7.92. The summed E-state index contributed by atoms with van der Waals surface area (Å²) in [5, 5.41) is 21.6. The Kier molecular flexibility index (Phi) is 19.6. The topological polar surface area (TPSA) is 196 Å². The van der Waals surface area contributed by atoms with Gasteiger partial charge in [0.1, 0.15) is 29.3 Å². The number of ether oxygens (including phenoxy) is 3. The van der Waals surface area contributed by atoms with Crippen LogP contribution >= 0.6 is 0 Å². The molecule has 0 saturated carbocycles. The second kappa shape index (κ2) is 26.2. The van der Waals surface area contributed by atoms with Crippen LogP contribution in [-0.4, -0.2) is 75.4 Å². The van der Waals surface area contributed by atoms with Crippen molar-refractivity contribution in [3.05, 3.63) is 138 Å². The number of carbonyl (C=O) groups is 4. The van der Waals surface area contributed by atoms with Gasteiger partial charge in [0.2, 0.25) is 10.0 Å². The van der Waals surface area contributed by atoms with Crippen molar-refractivity contribution in [1.29, 1.82) is 0 Å². The second-order valence-corrected chi connectivity index (χ2v) is 23.5. The van der Waals surface area contributed by atoms with Crippen LogP contribution < -0.4 is 34.7 Å². The lowest BCUT2D eigenvalue weighted by Gasteiger charge is -2.32. The lowest BCUT2D eigenvalue weighted by Crippen LogP contribution is -2.50. The summed E-state index contributed by atoms with van der Waals surface area (Å²) in [6, 6.07) is 34.2. The number of unbranched alkanes of at least 4 members (excludes halogenated alkanes) is 9. The molecule has 7 rings (SSSR count). The number of imide groups is 1. The Balaban J connectivity index is 1.19. The Morgan fingerprint density at radius 2 is 1.38 bits per heavy atom. The van der Waals surface area contributed by atoms with Gasteiger partial charge >= 0.3 is 12.0 Å². The monoisotopic (exact) mass is 1100 g/mol. The van der Waals surface area contributed by atoms with Crippen molar-refractivity contribution in [2.45, 2.75) is 112 Å². The van der Waals surface area contributed by atoms with Crippen LogP contribution in [0.5, 0.6) is 23.0 Å². The summed E-state index contributed by atoms with van der Waals surface area (Å²) in [6.45, 7) is 11.5. The van der Waals surface area contributed by atoms with E-state index < -0.39 is 44.7 Å². The van der Waals surface area contributed by atoms with E-state index in [0.29, 0.717) is 52.4 Å². The van der Waals surface area contributed by atoms with E-state index in [4.69, 9.17) is 14.2 Å². The number of urea groups is 1. The fourth-order valence-corrected chi connectivity index (χ4v) is 9.81. The number of anilines is 5. The van der Waals surface area contributed by atoms with Gasteiger partial charge in [-0.1, -0.05) is 125 Å². The zero-order chi connectivity index (χ0) is 56.9. The Bertz CT molecular complexity index is 3220. The van der Waals surface area contributed by atoms with E-state index >= 15 is 4.79 Å². The van der Waals surface area contributed by atoms with Crippen molar-refractivity contribution >= 4 is 73.0 Å². The zero-order valence-electron chi connectivity index (χ0n) is 46.8. The number of esters is 1. The van der Waals surface area contributed by atoms with E-state index in [1.807, 2.05) is 31.2 Å². The molecule has 420 valence electrons. The minimum Gasteiger partial charge on any atom is -0.506 e. The van der Waals surface area contributed by atoms with E-state index in [1.54, 1.807) is 124 Å². The predicted molar refractivity (Wildman–Crippen MR) is 314 cm³/mol. The fourth-order valence-electron chi connectivity index (χ4n) is 9.24. The molecule has 16 nitrogen and oxygen atoms in total. The first kappa shape index (κ1) is 58.9. The van der Waals surface area contributed by atoms with Crippen molar-refractivity contribution in [2.75, 3.05) is 58.3 Å². The molecule has 4 N–H and O–H groups in total. The first-order valence-electron chi connectivity index (χ1n) is 27.2. The van der Waals surface area contributed by atoms with Gasteiger partial charge in [-0.2, -0.15) is 5.01 Å². The summed E-state index contributed by atoms with van der Waals surface area (Å²) in [7, 11) is -1.97. The number of nitrogens with zero attached hydrogens (tertiary/aromatic N) is 3. The summed E-state index contributed by atoms with van der Waals surface area (Å²) < 4.78 is 44.9. The number of hydrogen-bond acceptors (Lipinski definition) is 12. The number of nitrogens with one attached hydrogen (secondary N) is 3. The number of carbonyl (C=O) groups excluding carboxylic acids is 4. The molecule has 6 aromatic carbocycles. The molecule has 6 aromatic rings. The van der Waals surface area contributed by atoms with Gasteiger partial charge in [-0.3, -0.25) is 29.0 Å². The molecule has 1 heterocycles. The van der Waals surface area contributed by atoms with E-state index in [1.165, 1.54) is 63.0 Å². The molecule has 1 aliphatic rings. The van der Waals surface area contributed by atoms with Gasteiger partial charge in [0, 0.05) is 35.7 Å². The van der Waals surface area contributed by atoms with Crippen molar-refractivity contribution in [3.8, 4) is 23.0 Å². The number of aryl methyl sites for hydroxylation is 1. The molecule has 0 aromatic heterocycles. The molecule has 1 atom stereocenters. The third kappa shape index (κ3) is 15.5. The van der Waals surface area contributed by atoms with E-state index in [2.05, 4.69) is 22.3 Å². The maximum absolute atomic E-state index is 15.2. The van der Waals surface area contributed by atoms with Crippen molar-refractivity contribution in [1.82, 2.24) is 5.01 Å². The van der Waals surface area contributed by atoms with Crippen LogP contribution in [-0.2, 0) is 30.9 Å². The predicted octanol–water partition coefficient (Wildman–Crippen LogP) is 13.6. The van der Waals surface area contributed by atoms with Crippen LogP contribution in [0.4, 0.5) is 33.2 Å². The normalized spacial score (nSPS) is 14.5. The van der Waals surface area contributed by atoms with Crippen LogP contribution in [0.15, 0.2) is 121 Å². The van der Waals surface area contributed by atoms with Gasteiger partial charge in [-0.25, -0.2) is 13.2 Å². The Morgan fingerprint density at radius 3 is 2.04 bits per heavy atom. The number of amides is 4. The highest BCUT2D eigenvalue weighted by Gasteiger charge is 2.53. The number of para-hydroxylation sites is 1. The molecule has 79 heavy (non-hydrogen) atoms. The average Bonchev–Trinajstić information content (AvgIpc) is 3.98. The third-order valence-electron chi connectivity index (χ3n) is 13.8. The summed E-state index contributed by atoms with van der Waals surface area (Å²) in [5.41, 5.74) is 1.64. The second-order valence-electron chi connectivity index (χ2n) is 21.7. The standard InChI is InChI=1S/C62H76N6O10S/c1-9-10-11-12-13-14-15-16-17-23-36-76-53-34-28-43(2)37-51(53)64-57(70)50-39-55(48-26-21-22-27-49(48)56(50)69)78-54-35-33-46(63-40-44-29-31-45(32-30-44)65-79(8,74)75)38-52(54)66(7)60(73)68-58(71)62(6,42-77-59(72)61(3,4)5)41-67(68)47-24-19-18-20-25-47/h18-22,24-35,37-39,63,65,69H,9-17,23,36,40-42H2,1-8H3,(H,64,70). The molecule has 17 heteroatoms. The molecular weight excluding hydrogens is 1020 g/mol. The SMILES string of the molecule is CCCCCCCCCCCCOc1ccc(C)cc1NC(=O)c1cc(Oc2ccc(NCc3ccc(NS(C)(=O)=O)cc3)cc2N(C)C(=O)N2C(=O)C(C)(COC(=O)C(C)(C)C)CN2c2ccccc2)c2ccccc2c1O. The van der Waals surface area contributed by atoms with E-state index in [0.717, 1.165) is 41.7 Å². The number of phenols is 1. The molecular formula is C62H76N6O10S. The zero-order valence-corrected chi connectivity index (χ0v) is 47.6. The Hall–Kier alpha value is -7.79. The minimum absolute atomic E-state index is 0.0101. The lowest BCUT2D eigenvalue weighted by atomic mass is 9.91. The maximum Gasteiger partial charge on any atom is 0.350 e. The number of hydrogen-bond donors (Lipinski definition) is 4. The van der Waals surface area contributed by atoms with Crippen LogP contribution in [0.2, 0.25) is 0 Å². The van der Waals surface area contributed by atoms with Crippen molar-refractivity contribution in [2.24, 2.45) is 10.8 Å². The smallest absolute Gasteiger partial charge is 0.350 e. The largest absolute Gasteiger partial charge is 0.506 e. The first-order chi connectivity index (χ1) is 37.7. The lowest BCUT2D eigenvalue weighted by molar-refractivity contribution is -0.157. The van der Waals surface area contributed by atoms with E-state index in [9.17, 15) is 27.9 Å². The van der Waals surface area contributed by atoms with E-state index in [-0.39, 0.29) is 41.7 Å². The first-order valence-corrected chi connectivity index (χ1v) is 29.1. The van der Waals surface area contributed by atoms with Crippen LogP contribution in [0.1, 0.15) is 120 Å². The summed E-state index contributed by atoms with van der Waals surface area (Å²) in [4.78, 5) is 58.7. The highest BCUT2D eigenvalue weighted by Crippen LogP contribution is 2.43. The number of benzene rings is 6. The molecule has 0 spiro atoms. The molecule has 1 unspecified atom stereocenters. The van der Waals surface area contributed by atoms with Crippen molar-refractivity contribution in [3.63, 3.8) is 0 Å². The van der Waals surface area contributed by atoms with Crippen molar-refractivity contribution < 1.29 is 46.9 Å². The Labute approximate surface area is 465 Å². The Morgan fingerprint density at radius 1 is 0.759 bits per heavy atom. The van der Waals surface area contributed by atoms with Crippen LogP contribution in [0.3, 0.4) is 0 Å². The molecule has 4 amide bonds. The number of rotatable bonds is 25. The fraction of sp³-hybridized carbons (Fsp3) is 0.387. The molecule has 1 aliphatic heterocycles. The summed E-state index contributed by atoms with van der Waals surface area (Å²) >= 11 is 0. The third-order valence-corrected chi connectivity index (χ3v) is 14.4. The number of sulfonamides is 1. The molecule has 0 radical (unpaired) electrons. The molecule has 0 aliphatic carbocycles. The van der Waals surface area contributed by atoms with Gasteiger partial charge in [0.05, 0.1) is 47.4 Å². The summed E-state index contributed by atoms with van der Waals surface area (Å²) in [5.74, 6) is -1.12. The average molecular weight is 1100 g/mol. The number of fused-ring (bicyclic) bond motifs is 1. The van der Waals surface area contributed by atoms with Gasteiger partial charge in [-0.15, -0.1) is 0 Å². The number of aromatic hydroxyl groups is 1. The van der Waals surface area contributed by atoms with Gasteiger partial charge < -0.3 is 30.0 Å². The molecule has 1 saturated heterocycles. The van der Waals surface area contributed by atoms with Gasteiger partial charge in [-0.05, 0) is 113 Å².